The van der Waals surface area contributed by atoms with E-state index in [9.17, 15) is 5.11 Å². The first-order chi connectivity index (χ1) is 8.10. The molecule has 1 saturated heterocycles. The Morgan fingerprint density at radius 3 is 2.50 bits per heavy atom. The number of aliphatic hydroxyl groups is 1. The molecule has 0 aromatic carbocycles. The minimum atomic E-state index is -0.624. The minimum Gasteiger partial charge on any atom is -0.387 e. The number of methoxy groups -OCH3 is 1. The largest absolute Gasteiger partial charge is 0.387 e. The quantitative estimate of drug-likeness (QED) is 0.699. The SMILES string of the molecule is CO[C@H]1C(O)[C@@H](COC(C)C)O[C@H]1CCCN.[Y]. The Bertz CT molecular complexity index is 218. The van der Waals surface area contributed by atoms with E-state index in [0.717, 1.165) is 12.8 Å². The van der Waals surface area contributed by atoms with E-state index in [4.69, 9.17) is 19.9 Å². The molecule has 1 fully saturated rings. The Kier molecular flexibility index (Phi) is 10.2. The summed E-state index contributed by atoms with van der Waals surface area (Å²) in [6, 6.07) is 0. The van der Waals surface area contributed by atoms with Crippen LogP contribution in [0.1, 0.15) is 26.7 Å². The molecule has 0 amide bonds. The van der Waals surface area contributed by atoms with E-state index >= 15 is 0 Å². The molecule has 3 N–H and O–H groups in total. The van der Waals surface area contributed by atoms with Crippen LogP contribution in [0.5, 0.6) is 0 Å². The Balaban J connectivity index is 0.00000289. The molecule has 1 unspecified atom stereocenters. The van der Waals surface area contributed by atoms with Gasteiger partial charge in [-0.3, -0.25) is 0 Å². The first kappa shape index (κ1) is 18.9. The second-order valence-electron chi connectivity index (χ2n) is 4.72. The molecule has 0 saturated carbocycles. The van der Waals surface area contributed by atoms with Crippen LogP contribution in [-0.4, -0.2) is 55.9 Å². The molecule has 18 heavy (non-hydrogen) atoms. The third-order valence-electron chi connectivity index (χ3n) is 2.99. The minimum absolute atomic E-state index is 0. The smallest absolute Gasteiger partial charge is 0.112 e. The van der Waals surface area contributed by atoms with Gasteiger partial charge in [0.1, 0.15) is 18.3 Å². The van der Waals surface area contributed by atoms with Crippen LogP contribution < -0.4 is 5.73 Å². The third-order valence-corrected chi connectivity index (χ3v) is 2.99. The summed E-state index contributed by atoms with van der Waals surface area (Å²) in [6.45, 7) is 4.94. The second kappa shape index (κ2) is 9.75. The van der Waals surface area contributed by atoms with Crippen molar-refractivity contribution in [1.82, 2.24) is 0 Å². The van der Waals surface area contributed by atoms with E-state index in [-0.39, 0.29) is 57.1 Å². The maximum atomic E-state index is 10.1. The van der Waals surface area contributed by atoms with Gasteiger partial charge in [-0.25, -0.2) is 0 Å². The van der Waals surface area contributed by atoms with Crippen LogP contribution in [0.4, 0.5) is 0 Å². The molecule has 0 aromatic heterocycles. The number of hydrogen-bond acceptors (Lipinski definition) is 5. The number of rotatable bonds is 7. The van der Waals surface area contributed by atoms with Gasteiger partial charge >= 0.3 is 0 Å². The Morgan fingerprint density at radius 2 is 2.00 bits per heavy atom. The molecule has 1 heterocycles. The third kappa shape index (κ3) is 5.49. The normalized spacial score (nSPS) is 31.7. The van der Waals surface area contributed by atoms with Crippen LogP contribution in [0.25, 0.3) is 0 Å². The van der Waals surface area contributed by atoms with Crippen molar-refractivity contribution in [1.29, 1.82) is 0 Å². The zero-order chi connectivity index (χ0) is 12.8. The van der Waals surface area contributed by atoms with Crippen molar-refractivity contribution < 1.29 is 52.0 Å². The monoisotopic (exact) mass is 336 g/mol. The Morgan fingerprint density at radius 1 is 1.33 bits per heavy atom. The van der Waals surface area contributed by atoms with E-state index in [1.165, 1.54) is 0 Å². The van der Waals surface area contributed by atoms with Crippen LogP contribution in [0, 0.1) is 0 Å². The average molecular weight is 336 g/mol. The van der Waals surface area contributed by atoms with E-state index < -0.39 is 6.10 Å². The van der Waals surface area contributed by atoms with E-state index in [0.29, 0.717) is 13.2 Å². The standard InChI is InChI=1S/C12H25NO4.Y/c1-8(2)16-7-10-11(14)12(15-3)9(17-10)5-4-6-13;/h8-12,14H,4-7,13H2,1-3H3;/t9-,10+,11?,12+;/m0./s1. The molecule has 5 nitrogen and oxygen atoms in total. The molecule has 6 heteroatoms. The number of ether oxygens (including phenoxy) is 3. The topological polar surface area (TPSA) is 73.9 Å². The van der Waals surface area contributed by atoms with Crippen molar-refractivity contribution in [2.24, 2.45) is 5.73 Å². The fraction of sp³-hybridized carbons (Fsp3) is 1.00. The molecule has 0 aromatic rings. The van der Waals surface area contributed by atoms with Gasteiger partial charge in [-0.15, -0.1) is 0 Å². The number of nitrogens with two attached hydrogens (primary N) is 1. The molecule has 0 spiro atoms. The first-order valence-corrected chi connectivity index (χ1v) is 6.28. The van der Waals surface area contributed by atoms with Crippen molar-refractivity contribution in [3.63, 3.8) is 0 Å². The van der Waals surface area contributed by atoms with Crippen LogP contribution >= 0.6 is 0 Å². The molecular formula is C12H25NO4Y. The van der Waals surface area contributed by atoms with Crippen molar-refractivity contribution in [3.05, 3.63) is 0 Å². The number of hydrogen-bond donors (Lipinski definition) is 2. The van der Waals surface area contributed by atoms with Gasteiger partial charge in [0.2, 0.25) is 0 Å². The summed E-state index contributed by atoms with van der Waals surface area (Å²) >= 11 is 0. The van der Waals surface area contributed by atoms with Gasteiger partial charge in [-0.1, -0.05) is 0 Å². The zero-order valence-corrected chi connectivity index (χ0v) is 14.4. The van der Waals surface area contributed by atoms with Gasteiger partial charge in [-0.05, 0) is 33.2 Å². The molecule has 1 aliphatic rings. The molecule has 0 bridgehead atoms. The number of aliphatic hydroxyl groups excluding tert-OH is 1. The van der Waals surface area contributed by atoms with Gasteiger partial charge < -0.3 is 25.1 Å². The van der Waals surface area contributed by atoms with Gasteiger partial charge in [0.15, 0.2) is 0 Å². The fourth-order valence-corrected chi connectivity index (χ4v) is 2.08. The molecule has 105 valence electrons. The Hall–Kier alpha value is 0.904. The summed E-state index contributed by atoms with van der Waals surface area (Å²) in [4.78, 5) is 0. The van der Waals surface area contributed by atoms with Gasteiger partial charge in [0, 0.05) is 39.8 Å². The fourth-order valence-electron chi connectivity index (χ4n) is 2.08. The average Bonchev–Trinajstić information content (AvgIpc) is 2.60. The van der Waals surface area contributed by atoms with E-state index in [2.05, 4.69) is 0 Å². The molecule has 1 rings (SSSR count). The summed E-state index contributed by atoms with van der Waals surface area (Å²) in [5.74, 6) is 0. The molecule has 1 aliphatic heterocycles. The second-order valence-corrected chi connectivity index (χ2v) is 4.72. The van der Waals surface area contributed by atoms with Gasteiger partial charge in [0.05, 0.1) is 18.8 Å². The van der Waals surface area contributed by atoms with Gasteiger partial charge in [0.25, 0.3) is 0 Å². The molecule has 0 aliphatic carbocycles. The van der Waals surface area contributed by atoms with Crippen molar-refractivity contribution >= 4 is 0 Å². The zero-order valence-electron chi connectivity index (χ0n) is 11.5. The van der Waals surface area contributed by atoms with Crippen molar-refractivity contribution in [2.75, 3.05) is 20.3 Å². The maximum absolute atomic E-state index is 10.1. The predicted octanol–water partition coefficient (Wildman–Crippen LogP) is 0.291. The molecule has 1 radical (unpaired) electrons. The van der Waals surface area contributed by atoms with Crippen LogP contribution in [0.3, 0.4) is 0 Å². The van der Waals surface area contributed by atoms with Crippen LogP contribution in [0.15, 0.2) is 0 Å². The summed E-state index contributed by atoms with van der Waals surface area (Å²) < 4.78 is 16.5. The van der Waals surface area contributed by atoms with E-state index in [1.807, 2.05) is 13.8 Å². The van der Waals surface area contributed by atoms with Crippen molar-refractivity contribution in [3.8, 4) is 0 Å². The Labute approximate surface area is 135 Å². The van der Waals surface area contributed by atoms with Crippen LogP contribution in [-0.2, 0) is 46.9 Å². The summed E-state index contributed by atoms with van der Waals surface area (Å²) in [7, 11) is 1.60. The van der Waals surface area contributed by atoms with Crippen LogP contribution in [0.2, 0.25) is 0 Å². The summed E-state index contributed by atoms with van der Waals surface area (Å²) in [6.07, 6.45) is 0.530. The molecular weight excluding hydrogens is 311 g/mol. The maximum Gasteiger partial charge on any atom is 0.112 e. The first-order valence-electron chi connectivity index (χ1n) is 6.28. The van der Waals surface area contributed by atoms with Crippen molar-refractivity contribution in [2.45, 2.75) is 57.2 Å². The van der Waals surface area contributed by atoms with Gasteiger partial charge in [-0.2, -0.15) is 0 Å². The van der Waals surface area contributed by atoms with E-state index in [1.54, 1.807) is 7.11 Å². The predicted molar refractivity (Wildman–Crippen MR) is 64.8 cm³/mol. The molecule has 4 atom stereocenters. The summed E-state index contributed by atoms with van der Waals surface area (Å²) in [5.41, 5.74) is 5.48. The summed E-state index contributed by atoms with van der Waals surface area (Å²) in [5, 5.41) is 10.1.